The molecule has 4 heteroatoms. The average molecular weight is 291 g/mol. The normalized spacial score (nSPS) is 11.7. The van der Waals surface area contributed by atoms with Crippen molar-refractivity contribution in [2.75, 3.05) is 0 Å². The number of rotatable bonds is 5. The zero-order valence-corrected chi connectivity index (χ0v) is 13.3. The molecule has 0 radical (unpaired) electrons. The van der Waals surface area contributed by atoms with Crippen molar-refractivity contribution in [2.45, 2.75) is 46.3 Å². The zero-order valence-electron chi connectivity index (χ0n) is 12.4. The van der Waals surface area contributed by atoms with Crippen LogP contribution in [0.15, 0.2) is 24.3 Å². The van der Waals surface area contributed by atoms with Crippen molar-refractivity contribution < 1.29 is 9.84 Å². The Kier molecular flexibility index (Phi) is 4.45. The monoisotopic (exact) mass is 291 g/mol. The Balaban J connectivity index is 2.03. The number of ether oxygens (including phenoxy) is 1. The van der Waals surface area contributed by atoms with Crippen molar-refractivity contribution in [1.29, 1.82) is 0 Å². The van der Waals surface area contributed by atoms with E-state index in [9.17, 15) is 5.11 Å². The summed E-state index contributed by atoms with van der Waals surface area (Å²) >= 11 is 1.51. The number of nitrogens with zero attached hydrogens (tertiary/aromatic N) is 1. The van der Waals surface area contributed by atoms with E-state index in [1.165, 1.54) is 16.9 Å². The molecule has 1 aromatic heterocycles. The van der Waals surface area contributed by atoms with Crippen LogP contribution in [-0.2, 0) is 18.6 Å². The van der Waals surface area contributed by atoms with Crippen molar-refractivity contribution in [3.63, 3.8) is 0 Å². The van der Waals surface area contributed by atoms with Crippen LogP contribution in [0.4, 0.5) is 0 Å². The number of hydrogen-bond donors (Lipinski definition) is 1. The zero-order chi connectivity index (χ0) is 14.8. The van der Waals surface area contributed by atoms with Crippen molar-refractivity contribution in [3.05, 3.63) is 45.4 Å². The van der Waals surface area contributed by atoms with Gasteiger partial charge >= 0.3 is 0 Å². The Labute approximate surface area is 124 Å². The van der Waals surface area contributed by atoms with E-state index < -0.39 is 5.60 Å². The van der Waals surface area contributed by atoms with Crippen molar-refractivity contribution in [3.8, 4) is 5.75 Å². The highest BCUT2D eigenvalue weighted by atomic mass is 32.1. The van der Waals surface area contributed by atoms with Gasteiger partial charge in [0.05, 0.1) is 16.2 Å². The van der Waals surface area contributed by atoms with Gasteiger partial charge in [0.2, 0.25) is 0 Å². The highest BCUT2D eigenvalue weighted by Crippen LogP contribution is 2.30. The minimum Gasteiger partial charge on any atom is -0.486 e. The molecular weight excluding hydrogens is 270 g/mol. The lowest BCUT2D eigenvalue weighted by atomic mass is 10.1. The van der Waals surface area contributed by atoms with Gasteiger partial charge in [-0.2, -0.15) is 0 Å². The fourth-order valence-electron chi connectivity index (χ4n) is 2.05. The van der Waals surface area contributed by atoms with Crippen LogP contribution in [0.2, 0.25) is 0 Å². The molecule has 0 bridgehead atoms. The van der Waals surface area contributed by atoms with Gasteiger partial charge in [-0.3, -0.25) is 0 Å². The van der Waals surface area contributed by atoms with Gasteiger partial charge in [0.25, 0.3) is 0 Å². The van der Waals surface area contributed by atoms with E-state index >= 15 is 0 Å². The van der Waals surface area contributed by atoms with E-state index in [0.717, 1.165) is 27.7 Å². The Hall–Kier alpha value is -1.39. The predicted molar refractivity (Wildman–Crippen MR) is 82.2 cm³/mol. The van der Waals surface area contributed by atoms with Gasteiger partial charge in [-0.15, -0.1) is 11.3 Å². The molecule has 0 aliphatic heterocycles. The molecule has 0 amide bonds. The first-order valence-corrected chi connectivity index (χ1v) is 7.62. The maximum atomic E-state index is 10.1. The molecule has 1 heterocycles. The van der Waals surface area contributed by atoms with Crippen LogP contribution >= 0.6 is 11.3 Å². The summed E-state index contributed by atoms with van der Waals surface area (Å²) in [7, 11) is 0. The smallest absolute Gasteiger partial charge is 0.140 e. The summed E-state index contributed by atoms with van der Waals surface area (Å²) < 4.78 is 5.74. The van der Waals surface area contributed by atoms with E-state index in [4.69, 9.17) is 4.74 Å². The van der Waals surface area contributed by atoms with Gasteiger partial charge in [0.1, 0.15) is 17.4 Å². The molecule has 1 aromatic carbocycles. The molecule has 108 valence electrons. The van der Waals surface area contributed by atoms with Gasteiger partial charge in [0, 0.05) is 0 Å². The fraction of sp³-hybridized carbons (Fsp3) is 0.438. The summed E-state index contributed by atoms with van der Waals surface area (Å²) in [5.74, 6) is 0.847. The minimum atomic E-state index is -0.844. The SMILES string of the molecule is CCc1ccc(OCc2nc(C)c(C(C)(C)O)s2)cc1. The van der Waals surface area contributed by atoms with Crippen LogP contribution < -0.4 is 4.74 Å². The second-order valence-corrected chi connectivity index (χ2v) is 6.45. The van der Waals surface area contributed by atoms with E-state index in [1.807, 2.05) is 19.1 Å². The molecule has 0 spiro atoms. The van der Waals surface area contributed by atoms with Crippen molar-refractivity contribution in [2.24, 2.45) is 0 Å². The first-order chi connectivity index (χ1) is 9.40. The minimum absolute atomic E-state index is 0.438. The van der Waals surface area contributed by atoms with E-state index in [-0.39, 0.29) is 0 Å². The predicted octanol–water partition coefficient (Wildman–Crippen LogP) is 3.82. The number of thiazole rings is 1. The summed E-state index contributed by atoms with van der Waals surface area (Å²) in [6.07, 6.45) is 1.03. The third kappa shape index (κ3) is 3.58. The molecule has 0 saturated heterocycles. The molecule has 0 aliphatic carbocycles. The van der Waals surface area contributed by atoms with Gasteiger partial charge in [0.15, 0.2) is 0 Å². The van der Waals surface area contributed by atoms with Crippen molar-refractivity contribution in [1.82, 2.24) is 4.98 Å². The number of benzene rings is 1. The first-order valence-electron chi connectivity index (χ1n) is 6.81. The molecule has 20 heavy (non-hydrogen) atoms. The lowest BCUT2D eigenvalue weighted by Gasteiger charge is -2.14. The largest absolute Gasteiger partial charge is 0.486 e. The summed E-state index contributed by atoms with van der Waals surface area (Å²) in [5, 5.41) is 10.9. The Morgan fingerprint density at radius 2 is 1.90 bits per heavy atom. The standard InChI is InChI=1S/C16H21NO2S/c1-5-12-6-8-13(9-7-12)19-10-14-17-11(2)15(20-14)16(3,4)18/h6-9,18H,5,10H2,1-4H3. The maximum absolute atomic E-state index is 10.1. The van der Waals surface area contributed by atoms with Crippen LogP contribution in [0.5, 0.6) is 5.75 Å². The highest BCUT2D eigenvalue weighted by Gasteiger charge is 2.22. The first kappa shape index (κ1) is 15.0. The number of aryl methyl sites for hydroxylation is 2. The lowest BCUT2D eigenvalue weighted by Crippen LogP contribution is -2.14. The quantitative estimate of drug-likeness (QED) is 0.910. The second-order valence-electron chi connectivity index (χ2n) is 5.37. The molecule has 0 saturated carbocycles. The lowest BCUT2D eigenvalue weighted by molar-refractivity contribution is 0.0817. The second kappa shape index (κ2) is 5.94. The molecule has 0 atom stereocenters. The highest BCUT2D eigenvalue weighted by molar-refractivity contribution is 7.11. The average Bonchev–Trinajstić information content (AvgIpc) is 2.78. The molecule has 2 rings (SSSR count). The topological polar surface area (TPSA) is 42.4 Å². The third-order valence-electron chi connectivity index (χ3n) is 3.09. The molecular formula is C16H21NO2S. The Bertz CT molecular complexity index is 567. The number of aromatic nitrogens is 1. The number of aliphatic hydroxyl groups is 1. The molecule has 0 unspecified atom stereocenters. The summed E-state index contributed by atoms with van der Waals surface area (Å²) in [6.45, 7) is 8.05. The number of hydrogen-bond acceptors (Lipinski definition) is 4. The molecule has 0 fully saturated rings. The summed E-state index contributed by atoms with van der Waals surface area (Å²) in [6, 6.07) is 8.11. The molecule has 0 aliphatic rings. The summed E-state index contributed by atoms with van der Waals surface area (Å²) in [4.78, 5) is 5.36. The van der Waals surface area contributed by atoms with Gasteiger partial charge in [-0.05, 0) is 44.9 Å². The molecule has 2 aromatic rings. The van der Waals surface area contributed by atoms with Crippen LogP contribution in [0.1, 0.15) is 41.9 Å². The maximum Gasteiger partial charge on any atom is 0.140 e. The van der Waals surface area contributed by atoms with Gasteiger partial charge < -0.3 is 9.84 Å². The van der Waals surface area contributed by atoms with Gasteiger partial charge in [-0.25, -0.2) is 4.98 Å². The Morgan fingerprint density at radius 1 is 1.25 bits per heavy atom. The summed E-state index contributed by atoms with van der Waals surface area (Å²) in [5.41, 5.74) is 1.33. The van der Waals surface area contributed by atoms with Crippen LogP contribution in [0.25, 0.3) is 0 Å². The third-order valence-corrected chi connectivity index (χ3v) is 4.53. The van der Waals surface area contributed by atoms with Crippen LogP contribution in [-0.4, -0.2) is 10.1 Å². The van der Waals surface area contributed by atoms with E-state index in [0.29, 0.717) is 6.61 Å². The fourth-order valence-corrected chi connectivity index (χ4v) is 3.03. The molecule has 1 N–H and O–H groups in total. The van der Waals surface area contributed by atoms with Crippen molar-refractivity contribution >= 4 is 11.3 Å². The Morgan fingerprint density at radius 3 is 2.40 bits per heavy atom. The van der Waals surface area contributed by atoms with Crippen LogP contribution in [0, 0.1) is 6.92 Å². The van der Waals surface area contributed by atoms with Crippen LogP contribution in [0.3, 0.4) is 0 Å². The van der Waals surface area contributed by atoms with E-state index in [2.05, 4.69) is 24.0 Å². The van der Waals surface area contributed by atoms with E-state index in [1.54, 1.807) is 13.8 Å². The van der Waals surface area contributed by atoms with Gasteiger partial charge in [-0.1, -0.05) is 19.1 Å². The molecule has 3 nitrogen and oxygen atoms in total.